The van der Waals surface area contributed by atoms with Crippen molar-refractivity contribution in [2.45, 2.75) is 15.2 Å². The summed E-state index contributed by atoms with van der Waals surface area (Å²) in [6, 6.07) is 81.1. The van der Waals surface area contributed by atoms with E-state index in [2.05, 4.69) is 229 Å². The molecule has 58 heavy (non-hydrogen) atoms. The molecular weight excluding hydrogens is 723 g/mol. The molecule has 9 aromatic carbocycles. The fourth-order valence-corrected chi connectivity index (χ4v) is 9.96. The predicted octanol–water partition coefficient (Wildman–Crippen LogP) is 15.1. The molecule has 2 nitrogen and oxygen atoms in total. The van der Waals surface area contributed by atoms with Gasteiger partial charge < -0.3 is 9.64 Å². The van der Waals surface area contributed by atoms with E-state index in [-0.39, 0.29) is 0 Å². The van der Waals surface area contributed by atoms with Crippen molar-refractivity contribution in [2.75, 3.05) is 4.90 Å². The second kappa shape index (κ2) is 14.1. The average Bonchev–Trinajstić information content (AvgIpc) is 3.61. The molecule has 1 aliphatic carbocycles. The minimum atomic E-state index is -0.608. The normalized spacial score (nSPS) is 13.0. The molecular formula is C55H37NOS. The van der Waals surface area contributed by atoms with Gasteiger partial charge in [-0.1, -0.05) is 182 Å². The van der Waals surface area contributed by atoms with Crippen molar-refractivity contribution in [2.24, 2.45) is 0 Å². The van der Waals surface area contributed by atoms with Gasteiger partial charge in [-0.3, -0.25) is 0 Å². The lowest BCUT2D eigenvalue weighted by Crippen LogP contribution is -2.28. The van der Waals surface area contributed by atoms with E-state index in [0.717, 1.165) is 43.9 Å². The van der Waals surface area contributed by atoms with Crippen LogP contribution in [0, 0.1) is 0 Å². The van der Waals surface area contributed by atoms with Crippen LogP contribution in [-0.2, 0) is 5.41 Å². The number of nitrogens with zero attached hydrogens (tertiary/aromatic N) is 1. The molecule has 2 aliphatic rings. The summed E-state index contributed by atoms with van der Waals surface area (Å²) in [4.78, 5) is 4.65. The first kappa shape index (κ1) is 34.2. The Kier molecular flexibility index (Phi) is 8.34. The van der Waals surface area contributed by atoms with Crippen LogP contribution in [0.4, 0.5) is 17.1 Å². The van der Waals surface area contributed by atoms with Crippen molar-refractivity contribution in [3.63, 3.8) is 0 Å². The maximum atomic E-state index is 6.92. The molecule has 274 valence electrons. The predicted molar refractivity (Wildman–Crippen MR) is 240 cm³/mol. The second-order valence-corrected chi connectivity index (χ2v) is 15.9. The molecule has 0 saturated heterocycles. The maximum absolute atomic E-state index is 6.92. The number of anilines is 3. The quantitative estimate of drug-likeness (QED) is 0.161. The van der Waals surface area contributed by atoms with E-state index in [1.165, 1.54) is 50.1 Å². The molecule has 0 saturated carbocycles. The Morgan fingerprint density at radius 1 is 0.379 bits per heavy atom. The van der Waals surface area contributed by atoms with Gasteiger partial charge in [-0.25, -0.2) is 0 Å². The minimum absolute atomic E-state index is 0.608. The Morgan fingerprint density at radius 3 is 1.43 bits per heavy atom. The number of fused-ring (bicyclic) bond motifs is 6. The molecule has 9 aromatic rings. The summed E-state index contributed by atoms with van der Waals surface area (Å²) < 4.78 is 6.92. The van der Waals surface area contributed by atoms with Crippen LogP contribution in [0.3, 0.4) is 0 Å². The van der Waals surface area contributed by atoms with Crippen LogP contribution in [0.15, 0.2) is 234 Å². The molecule has 0 amide bonds. The van der Waals surface area contributed by atoms with Gasteiger partial charge in [-0.2, -0.15) is 0 Å². The van der Waals surface area contributed by atoms with E-state index in [9.17, 15) is 0 Å². The fraction of sp³-hybridized carbons (Fsp3) is 0.0182. The van der Waals surface area contributed by atoms with Gasteiger partial charge in [0.25, 0.3) is 0 Å². The van der Waals surface area contributed by atoms with Gasteiger partial charge in [0.15, 0.2) is 0 Å². The maximum Gasteiger partial charge on any atom is 0.149 e. The molecule has 0 unspecified atom stereocenters. The van der Waals surface area contributed by atoms with Gasteiger partial charge in [-0.15, -0.1) is 0 Å². The number of hydrogen-bond donors (Lipinski definition) is 0. The monoisotopic (exact) mass is 759 g/mol. The summed E-state index contributed by atoms with van der Waals surface area (Å²) in [6.07, 6.45) is 0. The topological polar surface area (TPSA) is 12.5 Å². The van der Waals surface area contributed by atoms with Gasteiger partial charge >= 0.3 is 0 Å². The van der Waals surface area contributed by atoms with Crippen LogP contribution in [0.25, 0.3) is 33.4 Å². The third kappa shape index (κ3) is 5.58. The SMILES string of the molecule is c1ccc(-c2ccc(N(c3ccc(-c4ccccc4)cc3)c3ccc4c(c3)C(c3ccccc3)(c3ccccc3)c3ccc5c(c3-4)Oc3ccccc3S5)cc2)cc1. The van der Waals surface area contributed by atoms with E-state index in [4.69, 9.17) is 4.74 Å². The van der Waals surface area contributed by atoms with Crippen LogP contribution in [0.2, 0.25) is 0 Å². The molecule has 0 spiro atoms. The molecule has 11 rings (SSSR count). The van der Waals surface area contributed by atoms with Crippen molar-refractivity contribution in [1.29, 1.82) is 0 Å². The van der Waals surface area contributed by atoms with Crippen molar-refractivity contribution in [3.05, 3.63) is 247 Å². The zero-order valence-corrected chi connectivity index (χ0v) is 32.4. The Labute approximate surface area is 343 Å². The standard InChI is InChI=1S/C55H37NOS/c1-5-15-38(16-6-1)40-25-29-44(30-26-40)56(45-31-27-41(28-32-45)39-17-7-2-8-18-39)46-33-34-47-49(37-46)55(42-19-9-3-10-20-42,43-21-11-4-12-22-43)48-35-36-52-54(53(47)48)57-50-23-13-14-24-51(50)58-52/h1-37H. The first-order chi connectivity index (χ1) is 28.8. The molecule has 1 heterocycles. The van der Waals surface area contributed by atoms with Crippen LogP contribution in [0.1, 0.15) is 22.3 Å². The summed E-state index contributed by atoms with van der Waals surface area (Å²) in [5.74, 6) is 1.82. The number of benzene rings is 9. The van der Waals surface area contributed by atoms with E-state index >= 15 is 0 Å². The number of para-hydroxylation sites is 1. The first-order valence-corrected chi connectivity index (χ1v) is 20.6. The third-order valence-corrected chi connectivity index (χ3v) is 12.7. The molecule has 0 bridgehead atoms. The van der Waals surface area contributed by atoms with Crippen LogP contribution < -0.4 is 9.64 Å². The molecule has 1 aliphatic heterocycles. The zero-order valence-electron chi connectivity index (χ0n) is 31.6. The Morgan fingerprint density at radius 2 is 0.862 bits per heavy atom. The Bertz CT molecular complexity index is 2790. The molecule has 0 aromatic heterocycles. The van der Waals surface area contributed by atoms with Gasteiger partial charge in [0.1, 0.15) is 11.5 Å². The van der Waals surface area contributed by atoms with Crippen LogP contribution in [0.5, 0.6) is 11.5 Å². The average molecular weight is 760 g/mol. The Hall–Kier alpha value is -7.07. The van der Waals surface area contributed by atoms with Crippen LogP contribution >= 0.6 is 11.8 Å². The smallest absolute Gasteiger partial charge is 0.149 e. The van der Waals surface area contributed by atoms with Gasteiger partial charge in [0, 0.05) is 22.6 Å². The lowest BCUT2D eigenvalue weighted by molar-refractivity contribution is 0.456. The number of hydrogen-bond acceptors (Lipinski definition) is 3. The largest absolute Gasteiger partial charge is 0.454 e. The Balaban J connectivity index is 1.15. The van der Waals surface area contributed by atoms with Crippen LogP contribution in [-0.4, -0.2) is 0 Å². The summed E-state index contributed by atoms with van der Waals surface area (Å²) >= 11 is 1.78. The van der Waals surface area contributed by atoms with Crippen molar-refractivity contribution >= 4 is 28.8 Å². The van der Waals surface area contributed by atoms with Gasteiger partial charge in [0.2, 0.25) is 0 Å². The molecule has 3 heteroatoms. The number of ether oxygens (including phenoxy) is 1. The molecule has 0 atom stereocenters. The molecule has 0 fully saturated rings. The lowest BCUT2D eigenvalue weighted by Gasteiger charge is -2.35. The highest BCUT2D eigenvalue weighted by Crippen LogP contribution is 2.63. The van der Waals surface area contributed by atoms with Crippen molar-refractivity contribution < 1.29 is 4.74 Å². The molecule has 0 radical (unpaired) electrons. The first-order valence-electron chi connectivity index (χ1n) is 19.7. The zero-order chi connectivity index (χ0) is 38.5. The van der Waals surface area contributed by atoms with Gasteiger partial charge in [-0.05, 0) is 105 Å². The van der Waals surface area contributed by atoms with E-state index in [1.54, 1.807) is 11.8 Å². The summed E-state index contributed by atoms with van der Waals surface area (Å²) in [6.45, 7) is 0. The highest BCUT2D eigenvalue weighted by molar-refractivity contribution is 7.99. The van der Waals surface area contributed by atoms with E-state index in [1.807, 2.05) is 0 Å². The summed E-state index contributed by atoms with van der Waals surface area (Å²) in [5, 5.41) is 0. The fourth-order valence-electron chi connectivity index (χ4n) is 9.00. The minimum Gasteiger partial charge on any atom is -0.454 e. The van der Waals surface area contributed by atoms with E-state index in [0.29, 0.717) is 0 Å². The summed E-state index contributed by atoms with van der Waals surface area (Å²) in [7, 11) is 0. The van der Waals surface area contributed by atoms with Crippen molar-refractivity contribution in [1.82, 2.24) is 0 Å². The summed E-state index contributed by atoms with van der Waals surface area (Å²) in [5.41, 5.74) is 14.6. The highest BCUT2D eigenvalue weighted by atomic mass is 32.2. The molecule has 0 N–H and O–H groups in total. The second-order valence-electron chi connectivity index (χ2n) is 14.8. The third-order valence-electron chi connectivity index (χ3n) is 11.6. The van der Waals surface area contributed by atoms with Crippen molar-refractivity contribution in [3.8, 4) is 44.9 Å². The van der Waals surface area contributed by atoms with Gasteiger partial charge in [0.05, 0.1) is 15.2 Å². The lowest BCUT2D eigenvalue weighted by atomic mass is 9.67. The van der Waals surface area contributed by atoms with E-state index < -0.39 is 5.41 Å². The number of rotatable bonds is 7. The highest BCUT2D eigenvalue weighted by Gasteiger charge is 2.48.